The normalized spacial score (nSPS) is 13.5. The van der Waals surface area contributed by atoms with Gasteiger partial charge in [-0.1, -0.05) is 55.2 Å². The first-order valence-electron chi connectivity index (χ1n) is 11.7. The van der Waals surface area contributed by atoms with Gasteiger partial charge in [0.1, 0.15) is 6.04 Å². The smallest absolute Gasteiger partial charge is 0.261 e. The fraction of sp³-hybridized carbons (Fsp3) is 0.385. The van der Waals surface area contributed by atoms with Gasteiger partial charge >= 0.3 is 0 Å². The maximum Gasteiger partial charge on any atom is 0.261 e. The average Bonchev–Trinajstić information content (AvgIpc) is 3.09. The molecule has 0 radical (unpaired) electrons. The summed E-state index contributed by atoms with van der Waals surface area (Å²) in [5.41, 5.74) is 1.50. The maximum absolute atomic E-state index is 13.3. The third-order valence-corrected chi connectivity index (χ3v) is 6.66. The highest BCUT2D eigenvalue weighted by atomic mass is 35.5. The Morgan fingerprint density at radius 3 is 2.23 bits per heavy atom. The van der Waals surface area contributed by atoms with Crippen molar-refractivity contribution in [2.75, 3.05) is 13.1 Å². The van der Waals surface area contributed by atoms with Crippen molar-refractivity contribution in [3.8, 4) is 0 Å². The summed E-state index contributed by atoms with van der Waals surface area (Å²) in [7, 11) is 0. The lowest BCUT2D eigenvalue weighted by Crippen LogP contribution is -2.49. The predicted octanol–water partition coefficient (Wildman–Crippen LogP) is 4.70. The lowest BCUT2D eigenvalue weighted by Gasteiger charge is -2.31. The Hall–Kier alpha value is -2.90. The molecule has 186 valence electrons. The Morgan fingerprint density at radius 1 is 1.00 bits per heavy atom. The van der Waals surface area contributed by atoms with Crippen LogP contribution >= 0.6 is 23.2 Å². The minimum atomic E-state index is -0.664. The second-order valence-corrected chi connectivity index (χ2v) is 9.21. The van der Waals surface area contributed by atoms with Crippen LogP contribution in [0.4, 0.5) is 0 Å². The van der Waals surface area contributed by atoms with Gasteiger partial charge in [0.25, 0.3) is 11.8 Å². The number of fused-ring (bicyclic) bond motifs is 1. The van der Waals surface area contributed by atoms with E-state index in [1.165, 1.54) is 9.80 Å². The van der Waals surface area contributed by atoms with Gasteiger partial charge in [-0.15, -0.1) is 0 Å². The molecule has 0 spiro atoms. The lowest BCUT2D eigenvalue weighted by molar-refractivity contribution is -0.141. The molecule has 0 aromatic heterocycles. The largest absolute Gasteiger partial charge is 0.354 e. The van der Waals surface area contributed by atoms with E-state index in [9.17, 15) is 19.2 Å². The van der Waals surface area contributed by atoms with Crippen LogP contribution in [0.1, 0.15) is 65.8 Å². The van der Waals surface area contributed by atoms with E-state index in [4.69, 9.17) is 23.2 Å². The summed E-state index contributed by atoms with van der Waals surface area (Å²) in [4.78, 5) is 54.1. The van der Waals surface area contributed by atoms with Crippen LogP contribution in [0.25, 0.3) is 0 Å². The van der Waals surface area contributed by atoms with Crippen molar-refractivity contribution >= 4 is 46.8 Å². The van der Waals surface area contributed by atoms with Crippen LogP contribution in [-0.4, -0.2) is 52.6 Å². The Morgan fingerprint density at radius 2 is 1.66 bits per heavy atom. The summed E-state index contributed by atoms with van der Waals surface area (Å²) in [6, 6.07) is 11.1. The van der Waals surface area contributed by atoms with Gasteiger partial charge in [-0.2, -0.15) is 0 Å². The molecule has 0 bridgehead atoms. The highest BCUT2D eigenvalue weighted by Crippen LogP contribution is 2.25. The van der Waals surface area contributed by atoms with Crippen molar-refractivity contribution in [2.24, 2.45) is 0 Å². The van der Waals surface area contributed by atoms with Gasteiger partial charge in [-0.3, -0.25) is 24.1 Å². The number of carbonyl (C=O) groups is 4. The Bertz CT molecular complexity index is 1090. The molecule has 4 amide bonds. The fourth-order valence-electron chi connectivity index (χ4n) is 4.09. The first-order valence-corrected chi connectivity index (χ1v) is 12.5. The molecule has 3 rings (SSSR count). The zero-order valence-corrected chi connectivity index (χ0v) is 21.4. The number of halogens is 2. The Labute approximate surface area is 215 Å². The van der Waals surface area contributed by atoms with Crippen LogP contribution in [0.15, 0.2) is 42.5 Å². The Balaban J connectivity index is 1.72. The number of benzene rings is 2. The third-order valence-electron chi connectivity index (χ3n) is 5.92. The fourth-order valence-corrected chi connectivity index (χ4v) is 4.42. The number of nitrogens with zero attached hydrogens (tertiary/aromatic N) is 2. The molecular weight excluding hydrogens is 489 g/mol. The SMILES string of the molecule is CCCNC(=O)[C@H](CC)N(Cc1ccc(Cl)c(Cl)c1)C(=O)CCCN1C(=O)c2ccccc2C1=O. The van der Waals surface area contributed by atoms with E-state index < -0.39 is 6.04 Å². The second kappa shape index (κ2) is 12.2. The molecule has 35 heavy (non-hydrogen) atoms. The van der Waals surface area contributed by atoms with Gasteiger partial charge in [0, 0.05) is 26.1 Å². The van der Waals surface area contributed by atoms with Crippen molar-refractivity contribution in [3.63, 3.8) is 0 Å². The molecule has 1 aliphatic rings. The van der Waals surface area contributed by atoms with E-state index in [-0.39, 0.29) is 49.6 Å². The predicted molar refractivity (Wildman–Crippen MR) is 135 cm³/mol. The minimum Gasteiger partial charge on any atom is -0.354 e. The van der Waals surface area contributed by atoms with Crippen molar-refractivity contribution in [1.82, 2.24) is 15.1 Å². The van der Waals surface area contributed by atoms with Gasteiger partial charge in [0.05, 0.1) is 21.2 Å². The number of hydrogen-bond donors (Lipinski definition) is 1. The summed E-state index contributed by atoms with van der Waals surface area (Å²) in [5, 5.41) is 3.64. The number of nitrogens with one attached hydrogen (secondary N) is 1. The Kier molecular flexibility index (Phi) is 9.29. The van der Waals surface area contributed by atoms with Crippen molar-refractivity contribution in [1.29, 1.82) is 0 Å². The highest BCUT2D eigenvalue weighted by Gasteiger charge is 2.35. The summed E-state index contributed by atoms with van der Waals surface area (Å²) in [6.45, 7) is 4.63. The van der Waals surface area contributed by atoms with Crippen LogP contribution in [-0.2, 0) is 16.1 Å². The quantitative estimate of drug-likeness (QED) is 0.437. The third kappa shape index (κ3) is 6.21. The molecular formula is C26H29Cl2N3O4. The lowest BCUT2D eigenvalue weighted by atomic mass is 10.1. The van der Waals surface area contributed by atoms with E-state index in [1.54, 1.807) is 42.5 Å². The van der Waals surface area contributed by atoms with Crippen LogP contribution < -0.4 is 5.32 Å². The molecule has 7 nitrogen and oxygen atoms in total. The van der Waals surface area contributed by atoms with Crippen LogP contribution in [0.3, 0.4) is 0 Å². The molecule has 9 heteroatoms. The minimum absolute atomic E-state index is 0.0757. The monoisotopic (exact) mass is 517 g/mol. The first-order chi connectivity index (χ1) is 16.8. The van der Waals surface area contributed by atoms with Gasteiger partial charge in [-0.05, 0) is 49.1 Å². The second-order valence-electron chi connectivity index (χ2n) is 8.40. The van der Waals surface area contributed by atoms with E-state index in [0.717, 1.165) is 12.0 Å². The summed E-state index contributed by atoms with van der Waals surface area (Å²) in [5.74, 6) is -1.17. The summed E-state index contributed by atoms with van der Waals surface area (Å²) >= 11 is 12.2. The van der Waals surface area contributed by atoms with Crippen LogP contribution in [0.2, 0.25) is 10.0 Å². The van der Waals surface area contributed by atoms with Crippen molar-refractivity contribution in [3.05, 3.63) is 69.2 Å². The molecule has 1 N–H and O–H groups in total. The zero-order chi connectivity index (χ0) is 25.5. The van der Waals surface area contributed by atoms with E-state index in [0.29, 0.717) is 34.1 Å². The molecule has 0 aliphatic carbocycles. The molecule has 0 saturated carbocycles. The number of rotatable bonds is 11. The topological polar surface area (TPSA) is 86.8 Å². The molecule has 0 saturated heterocycles. The van der Waals surface area contributed by atoms with Crippen LogP contribution in [0, 0.1) is 0 Å². The van der Waals surface area contributed by atoms with Crippen molar-refractivity contribution in [2.45, 2.75) is 52.1 Å². The molecule has 1 aliphatic heterocycles. The molecule has 1 atom stereocenters. The van der Waals surface area contributed by atoms with Gasteiger partial charge < -0.3 is 10.2 Å². The molecule has 1 heterocycles. The van der Waals surface area contributed by atoms with E-state index in [1.807, 2.05) is 13.8 Å². The summed E-state index contributed by atoms with van der Waals surface area (Å²) in [6.07, 6.45) is 1.58. The summed E-state index contributed by atoms with van der Waals surface area (Å²) < 4.78 is 0. The average molecular weight is 518 g/mol. The number of carbonyl (C=O) groups excluding carboxylic acids is 4. The zero-order valence-electron chi connectivity index (χ0n) is 19.9. The van der Waals surface area contributed by atoms with Gasteiger partial charge in [0.15, 0.2) is 0 Å². The van der Waals surface area contributed by atoms with Gasteiger partial charge in [-0.25, -0.2) is 0 Å². The van der Waals surface area contributed by atoms with E-state index >= 15 is 0 Å². The first kappa shape index (κ1) is 26.7. The highest BCUT2D eigenvalue weighted by molar-refractivity contribution is 6.42. The standard InChI is InChI=1S/C26H29Cl2N3O4/c1-3-13-29-24(33)22(4-2)31(16-17-11-12-20(27)21(28)15-17)23(32)10-7-14-30-25(34)18-8-5-6-9-19(18)26(30)35/h5-6,8-9,11-12,15,22H,3-4,7,10,13-14,16H2,1-2H3,(H,29,33)/t22-/m0/s1. The molecule has 0 fully saturated rings. The van der Waals surface area contributed by atoms with E-state index in [2.05, 4.69) is 5.32 Å². The van der Waals surface area contributed by atoms with Gasteiger partial charge in [0.2, 0.25) is 11.8 Å². The number of imide groups is 1. The van der Waals surface area contributed by atoms with Crippen molar-refractivity contribution < 1.29 is 19.2 Å². The number of amides is 4. The number of hydrogen-bond acceptors (Lipinski definition) is 4. The maximum atomic E-state index is 13.3. The molecule has 2 aromatic carbocycles. The molecule has 2 aromatic rings. The van der Waals surface area contributed by atoms with Crippen LogP contribution in [0.5, 0.6) is 0 Å². The molecule has 0 unspecified atom stereocenters.